The van der Waals surface area contributed by atoms with Crippen molar-refractivity contribution in [2.75, 3.05) is 5.32 Å². The van der Waals surface area contributed by atoms with Gasteiger partial charge in [-0.1, -0.05) is 24.3 Å². The van der Waals surface area contributed by atoms with E-state index in [4.69, 9.17) is 0 Å². The second kappa shape index (κ2) is 8.01. The van der Waals surface area contributed by atoms with Crippen molar-refractivity contribution in [2.24, 2.45) is 5.18 Å². The first-order valence-electron chi connectivity index (χ1n) is 8.19. The number of amides is 1. The molecule has 3 aromatic rings. The van der Waals surface area contributed by atoms with Crippen molar-refractivity contribution in [2.45, 2.75) is 16.7 Å². The van der Waals surface area contributed by atoms with Crippen LogP contribution in [0.3, 0.4) is 0 Å². The second-order valence-electron chi connectivity index (χ2n) is 5.93. The van der Waals surface area contributed by atoms with E-state index in [1.54, 1.807) is 49.4 Å². The summed E-state index contributed by atoms with van der Waals surface area (Å²) in [5, 5.41) is 24.7. The van der Waals surface area contributed by atoms with Crippen molar-refractivity contribution in [1.82, 2.24) is 0 Å². The van der Waals surface area contributed by atoms with E-state index in [1.807, 2.05) is 6.07 Å². The van der Waals surface area contributed by atoms with Gasteiger partial charge < -0.3 is 15.5 Å². The molecule has 0 bridgehead atoms. The number of hydrogen-bond acceptors (Lipinski definition) is 6. The van der Waals surface area contributed by atoms with Crippen molar-refractivity contribution in [3.8, 4) is 11.5 Å². The minimum absolute atomic E-state index is 0.221. The highest BCUT2D eigenvalue weighted by Crippen LogP contribution is 2.38. The number of aryl methyl sites for hydroxylation is 1. The Bertz CT molecular complexity index is 1080. The van der Waals surface area contributed by atoms with Crippen LogP contribution in [0.4, 0.5) is 11.4 Å². The lowest BCUT2D eigenvalue weighted by Crippen LogP contribution is -2.13. The molecule has 1 amide bonds. The fourth-order valence-electron chi connectivity index (χ4n) is 2.56. The highest BCUT2D eigenvalue weighted by atomic mass is 32.2. The molecule has 0 aliphatic heterocycles. The van der Waals surface area contributed by atoms with Crippen LogP contribution in [0.15, 0.2) is 75.6 Å². The molecule has 142 valence electrons. The van der Waals surface area contributed by atoms with Gasteiger partial charge in [0.2, 0.25) is 0 Å². The van der Waals surface area contributed by atoms with Crippen LogP contribution in [-0.2, 0) is 10.8 Å². The van der Waals surface area contributed by atoms with Crippen LogP contribution in [-0.4, -0.2) is 20.3 Å². The highest BCUT2D eigenvalue weighted by molar-refractivity contribution is 7.85. The average Bonchev–Trinajstić information content (AvgIpc) is 2.70. The smallest absolute Gasteiger partial charge is 0.259 e. The number of hydrogen-bond donors (Lipinski definition) is 3. The normalized spacial score (nSPS) is 11.6. The molecule has 3 aromatic carbocycles. The van der Waals surface area contributed by atoms with E-state index < -0.39 is 33.9 Å². The molecule has 0 fully saturated rings. The molecular weight excluding hydrogens is 380 g/mol. The van der Waals surface area contributed by atoms with Gasteiger partial charge >= 0.3 is 0 Å². The number of carbonyl (C=O) groups excluding carboxylic acids is 1. The minimum Gasteiger partial charge on any atom is -0.505 e. The molecule has 0 aromatic heterocycles. The number of nitrogens with one attached hydrogen (secondary N) is 1. The van der Waals surface area contributed by atoms with E-state index in [9.17, 15) is 24.1 Å². The first-order valence-corrected chi connectivity index (χ1v) is 9.34. The molecule has 28 heavy (non-hydrogen) atoms. The Labute approximate surface area is 163 Å². The number of phenolic OH excluding ortho intramolecular Hbond substituents is 2. The monoisotopic (exact) mass is 396 g/mol. The van der Waals surface area contributed by atoms with Crippen LogP contribution in [0, 0.1) is 11.8 Å². The lowest BCUT2D eigenvalue weighted by Gasteiger charge is -2.12. The molecule has 3 rings (SSSR count). The van der Waals surface area contributed by atoms with Gasteiger partial charge in [0, 0.05) is 15.5 Å². The van der Waals surface area contributed by atoms with Crippen LogP contribution in [0.1, 0.15) is 15.9 Å². The van der Waals surface area contributed by atoms with Crippen LogP contribution in [0.25, 0.3) is 0 Å². The molecule has 0 spiro atoms. The standard InChI is InChI=1S/C20H16N2O5S/c1-12-7-8-14(28(27)13-5-3-2-4-6-13)11-16(12)21-20(25)15-9-10-17(23)18(22-26)19(15)24/h2-11,23-24H,1H3,(H,21,25). The Hall–Kier alpha value is -3.52. The van der Waals surface area contributed by atoms with Gasteiger partial charge in [-0.3, -0.25) is 4.79 Å². The summed E-state index contributed by atoms with van der Waals surface area (Å²) in [4.78, 5) is 24.4. The van der Waals surface area contributed by atoms with Gasteiger partial charge in [0.05, 0.1) is 16.4 Å². The van der Waals surface area contributed by atoms with Gasteiger partial charge in [0.25, 0.3) is 5.91 Å². The van der Waals surface area contributed by atoms with E-state index in [0.717, 1.165) is 6.07 Å². The van der Waals surface area contributed by atoms with Gasteiger partial charge in [-0.25, -0.2) is 4.21 Å². The Balaban J connectivity index is 1.92. The maximum absolute atomic E-state index is 12.7. The molecule has 0 radical (unpaired) electrons. The summed E-state index contributed by atoms with van der Waals surface area (Å²) >= 11 is 0. The summed E-state index contributed by atoms with van der Waals surface area (Å²) in [5.41, 5.74) is 0.290. The largest absolute Gasteiger partial charge is 0.505 e. The second-order valence-corrected chi connectivity index (χ2v) is 7.41. The number of benzene rings is 3. The minimum atomic E-state index is -1.43. The molecule has 1 unspecified atom stereocenters. The van der Waals surface area contributed by atoms with Gasteiger partial charge in [0.15, 0.2) is 11.4 Å². The molecule has 3 N–H and O–H groups in total. The van der Waals surface area contributed by atoms with Crippen molar-refractivity contribution < 1.29 is 19.2 Å². The maximum atomic E-state index is 12.7. The first-order chi connectivity index (χ1) is 13.4. The number of nitroso groups, excluding NO2 is 1. The summed E-state index contributed by atoms with van der Waals surface area (Å²) in [6, 6.07) is 16.2. The van der Waals surface area contributed by atoms with Gasteiger partial charge in [0.1, 0.15) is 5.75 Å². The van der Waals surface area contributed by atoms with Crippen LogP contribution in [0.2, 0.25) is 0 Å². The molecule has 0 aliphatic carbocycles. The molecule has 0 saturated carbocycles. The summed E-state index contributed by atoms with van der Waals surface area (Å²) in [7, 11) is -1.43. The molecule has 1 atom stereocenters. The number of aromatic hydroxyl groups is 2. The third-order valence-corrected chi connectivity index (χ3v) is 5.48. The molecule has 0 aliphatic rings. The molecule has 7 nitrogen and oxygen atoms in total. The molecule has 0 heterocycles. The maximum Gasteiger partial charge on any atom is 0.259 e. The van der Waals surface area contributed by atoms with Crippen molar-refractivity contribution in [3.05, 3.63) is 76.7 Å². The average molecular weight is 396 g/mol. The summed E-state index contributed by atoms with van der Waals surface area (Å²) in [6.45, 7) is 1.76. The predicted molar refractivity (Wildman–Crippen MR) is 105 cm³/mol. The van der Waals surface area contributed by atoms with Crippen LogP contribution >= 0.6 is 0 Å². The van der Waals surface area contributed by atoms with E-state index >= 15 is 0 Å². The van der Waals surface area contributed by atoms with Gasteiger partial charge in [-0.15, -0.1) is 4.91 Å². The first kappa shape index (κ1) is 19.2. The number of rotatable bonds is 5. The molecule has 8 heteroatoms. The summed E-state index contributed by atoms with van der Waals surface area (Å²) in [5.74, 6) is -1.94. The molecular formula is C20H16N2O5S. The highest BCUT2D eigenvalue weighted by Gasteiger charge is 2.19. The van der Waals surface area contributed by atoms with E-state index in [0.29, 0.717) is 21.0 Å². The van der Waals surface area contributed by atoms with Crippen LogP contribution < -0.4 is 5.32 Å². The van der Waals surface area contributed by atoms with E-state index in [1.165, 1.54) is 6.07 Å². The summed E-state index contributed by atoms with van der Waals surface area (Å²) in [6.07, 6.45) is 0. The molecule has 0 saturated heterocycles. The Kier molecular flexibility index (Phi) is 5.51. The topological polar surface area (TPSA) is 116 Å². The third kappa shape index (κ3) is 3.77. The number of anilines is 1. The van der Waals surface area contributed by atoms with Crippen molar-refractivity contribution in [3.63, 3.8) is 0 Å². The fraction of sp³-hybridized carbons (Fsp3) is 0.0500. The zero-order valence-electron chi connectivity index (χ0n) is 14.7. The Morgan fingerprint density at radius 3 is 2.39 bits per heavy atom. The predicted octanol–water partition coefficient (Wildman–Crippen LogP) is 4.22. The fourth-order valence-corrected chi connectivity index (χ4v) is 3.66. The van der Waals surface area contributed by atoms with Crippen molar-refractivity contribution in [1.29, 1.82) is 0 Å². The zero-order chi connectivity index (χ0) is 20.3. The number of nitrogens with zero attached hydrogens (tertiary/aromatic N) is 1. The van der Waals surface area contributed by atoms with E-state index in [-0.39, 0.29) is 5.56 Å². The van der Waals surface area contributed by atoms with Crippen LogP contribution in [0.5, 0.6) is 11.5 Å². The Morgan fingerprint density at radius 1 is 1.00 bits per heavy atom. The lowest BCUT2D eigenvalue weighted by atomic mass is 10.1. The zero-order valence-corrected chi connectivity index (χ0v) is 15.6. The SMILES string of the molecule is Cc1ccc(S(=O)c2ccccc2)cc1NC(=O)c1ccc(O)c(N=O)c1O. The van der Waals surface area contributed by atoms with Gasteiger partial charge in [-0.2, -0.15) is 0 Å². The number of phenols is 2. The Morgan fingerprint density at radius 2 is 1.71 bits per heavy atom. The third-order valence-electron chi connectivity index (χ3n) is 4.09. The summed E-state index contributed by atoms with van der Waals surface area (Å²) < 4.78 is 12.7. The number of carbonyl (C=O) groups is 1. The lowest BCUT2D eigenvalue weighted by molar-refractivity contribution is 0.102. The van der Waals surface area contributed by atoms with Crippen molar-refractivity contribution >= 4 is 28.1 Å². The quantitative estimate of drug-likeness (QED) is 0.558. The van der Waals surface area contributed by atoms with Gasteiger partial charge in [-0.05, 0) is 54.1 Å². The van der Waals surface area contributed by atoms with E-state index in [2.05, 4.69) is 10.5 Å².